The number of likely N-dealkylation sites (N-methyl/N-ethyl adjacent to an activating group) is 1. The van der Waals surface area contributed by atoms with Gasteiger partial charge in [0.25, 0.3) is 0 Å². The Bertz CT molecular complexity index is 149. The lowest BCUT2D eigenvalue weighted by molar-refractivity contribution is -0.141. The molecule has 0 saturated carbocycles. The van der Waals surface area contributed by atoms with Crippen LogP contribution in [-0.2, 0) is 4.79 Å². The van der Waals surface area contributed by atoms with E-state index in [0.717, 1.165) is 0 Å². The Morgan fingerprint density at radius 3 is 2.73 bits per heavy atom. The topological polar surface area (TPSA) is 40.5 Å². The van der Waals surface area contributed by atoms with E-state index in [0.29, 0.717) is 12.2 Å². The van der Waals surface area contributed by atoms with E-state index in [2.05, 4.69) is 19.2 Å². The lowest BCUT2D eigenvalue weighted by atomic mass is 10.2. The molecule has 0 aliphatic rings. The van der Waals surface area contributed by atoms with Gasteiger partial charge in [0.2, 0.25) is 0 Å². The number of rotatable bonds is 5. The average Bonchev–Trinajstić information content (AvgIpc) is 1.98. The zero-order valence-corrected chi connectivity index (χ0v) is 7.42. The summed E-state index contributed by atoms with van der Waals surface area (Å²) in [7, 11) is 1.69. The normalized spacial score (nSPS) is 12.2. The van der Waals surface area contributed by atoms with Crippen LogP contribution in [0.25, 0.3) is 0 Å². The highest BCUT2D eigenvalue weighted by Crippen LogP contribution is 2.03. The predicted octanol–water partition coefficient (Wildman–Crippen LogP) is 0.835. The summed E-state index contributed by atoms with van der Waals surface area (Å²) in [5.41, 5.74) is 0. The van der Waals surface area contributed by atoms with Crippen LogP contribution in [-0.4, -0.2) is 34.8 Å². The van der Waals surface area contributed by atoms with Crippen molar-refractivity contribution >= 4 is 18.6 Å². The number of hydrogen-bond donors (Lipinski definition) is 2. The summed E-state index contributed by atoms with van der Waals surface area (Å²) in [6.45, 7) is 3.48. The van der Waals surface area contributed by atoms with Crippen LogP contribution in [0.4, 0.5) is 0 Å². The third-order valence-electron chi connectivity index (χ3n) is 1.47. The molecule has 0 rings (SSSR count). The first-order chi connectivity index (χ1) is 5.13. The fraction of sp³-hybridized carbons (Fsp3) is 0.571. The van der Waals surface area contributed by atoms with Gasteiger partial charge in [0, 0.05) is 7.05 Å². The molecule has 0 aliphatic heterocycles. The minimum Gasteiger partial charge on any atom is -0.480 e. The second-order valence-electron chi connectivity index (χ2n) is 2.21. The van der Waals surface area contributed by atoms with Crippen LogP contribution in [0.5, 0.6) is 0 Å². The highest BCUT2D eigenvalue weighted by atomic mass is 32.1. The molecule has 0 aromatic carbocycles. The molecule has 0 spiro atoms. The molecule has 0 unspecified atom stereocenters. The minimum absolute atomic E-state index is 0.495. The lowest BCUT2D eigenvalue weighted by Gasteiger charge is -2.21. The maximum atomic E-state index is 10.6. The number of carboxylic acids is 1. The monoisotopic (exact) mass is 175 g/mol. The predicted molar refractivity (Wildman–Crippen MR) is 47.9 cm³/mol. The van der Waals surface area contributed by atoms with E-state index in [4.69, 9.17) is 5.11 Å². The molecular formula is C7H13NO2S. The van der Waals surface area contributed by atoms with Crippen molar-refractivity contribution in [2.45, 2.75) is 12.5 Å². The number of nitrogens with zero attached hydrogens (tertiary/aromatic N) is 1. The first-order valence-corrected chi connectivity index (χ1v) is 3.95. The Morgan fingerprint density at radius 2 is 2.45 bits per heavy atom. The molecule has 0 aromatic rings. The molecule has 0 aromatic heterocycles. The summed E-state index contributed by atoms with van der Waals surface area (Å²) >= 11 is 3.96. The second kappa shape index (κ2) is 5.07. The number of carbonyl (C=O) groups is 1. The van der Waals surface area contributed by atoms with E-state index in [-0.39, 0.29) is 0 Å². The Morgan fingerprint density at radius 1 is 1.91 bits per heavy atom. The van der Waals surface area contributed by atoms with Gasteiger partial charge in [0.15, 0.2) is 0 Å². The van der Waals surface area contributed by atoms with Crippen LogP contribution in [0.2, 0.25) is 0 Å². The minimum atomic E-state index is -0.832. The van der Waals surface area contributed by atoms with Crippen LogP contribution in [0.15, 0.2) is 12.8 Å². The number of aliphatic carboxylic acids is 1. The summed E-state index contributed by atoms with van der Waals surface area (Å²) in [6.07, 6.45) is 2.03. The van der Waals surface area contributed by atoms with E-state index in [1.807, 2.05) is 0 Å². The smallest absolute Gasteiger partial charge is 0.326 e. The van der Waals surface area contributed by atoms with Crippen molar-refractivity contribution in [2.75, 3.05) is 12.8 Å². The fourth-order valence-electron chi connectivity index (χ4n) is 0.751. The van der Waals surface area contributed by atoms with Crippen molar-refractivity contribution in [1.82, 2.24) is 4.90 Å². The lowest BCUT2D eigenvalue weighted by Crippen LogP contribution is -2.35. The quantitative estimate of drug-likeness (QED) is 0.608. The van der Waals surface area contributed by atoms with Gasteiger partial charge in [0.05, 0.1) is 0 Å². The molecule has 3 nitrogen and oxygen atoms in total. The molecule has 0 bridgehead atoms. The Balaban J connectivity index is 4.08. The highest BCUT2D eigenvalue weighted by Gasteiger charge is 2.18. The third kappa shape index (κ3) is 3.32. The van der Waals surface area contributed by atoms with Gasteiger partial charge in [-0.2, -0.15) is 12.6 Å². The van der Waals surface area contributed by atoms with E-state index in [1.54, 1.807) is 11.9 Å². The molecule has 0 saturated heterocycles. The molecular weight excluding hydrogens is 162 g/mol. The first kappa shape index (κ1) is 10.4. The van der Waals surface area contributed by atoms with Crippen molar-refractivity contribution in [1.29, 1.82) is 0 Å². The molecule has 0 heterocycles. The molecule has 0 radical (unpaired) electrons. The van der Waals surface area contributed by atoms with Crippen molar-refractivity contribution < 1.29 is 9.90 Å². The van der Waals surface area contributed by atoms with Crippen LogP contribution in [0.3, 0.4) is 0 Å². The Hall–Kier alpha value is -0.640. The van der Waals surface area contributed by atoms with Crippen LogP contribution in [0, 0.1) is 0 Å². The van der Waals surface area contributed by atoms with Gasteiger partial charge in [-0.1, -0.05) is 6.58 Å². The highest BCUT2D eigenvalue weighted by molar-refractivity contribution is 7.80. The maximum absolute atomic E-state index is 10.6. The zero-order chi connectivity index (χ0) is 8.85. The molecule has 0 amide bonds. The Kier molecular flexibility index (Phi) is 4.77. The van der Waals surface area contributed by atoms with Crippen molar-refractivity contribution in [2.24, 2.45) is 0 Å². The van der Waals surface area contributed by atoms with E-state index in [9.17, 15) is 4.79 Å². The van der Waals surface area contributed by atoms with Gasteiger partial charge in [-0.05, 0) is 18.4 Å². The average molecular weight is 175 g/mol. The molecule has 1 N–H and O–H groups in total. The largest absolute Gasteiger partial charge is 0.480 e. The number of carboxylic acid groups (broad SMARTS) is 1. The van der Waals surface area contributed by atoms with Gasteiger partial charge in [-0.15, -0.1) is 0 Å². The van der Waals surface area contributed by atoms with Crippen LogP contribution in [0.1, 0.15) is 6.42 Å². The molecule has 0 fully saturated rings. The van der Waals surface area contributed by atoms with E-state index in [1.165, 1.54) is 6.20 Å². The summed E-state index contributed by atoms with van der Waals surface area (Å²) < 4.78 is 0. The first-order valence-electron chi connectivity index (χ1n) is 3.31. The molecule has 0 aliphatic carbocycles. The molecule has 1 atom stereocenters. The SMILES string of the molecule is C=CN(C)[C@@H](CCS)C(=O)O. The summed E-state index contributed by atoms with van der Waals surface area (Å²) in [4.78, 5) is 12.1. The van der Waals surface area contributed by atoms with Crippen LogP contribution >= 0.6 is 12.6 Å². The van der Waals surface area contributed by atoms with E-state index < -0.39 is 12.0 Å². The second-order valence-corrected chi connectivity index (χ2v) is 2.66. The van der Waals surface area contributed by atoms with Crippen LogP contribution < -0.4 is 0 Å². The number of thiol groups is 1. The van der Waals surface area contributed by atoms with Crippen molar-refractivity contribution in [3.63, 3.8) is 0 Å². The molecule has 4 heteroatoms. The molecule has 64 valence electrons. The Labute approximate surface area is 72.1 Å². The third-order valence-corrected chi connectivity index (χ3v) is 1.73. The van der Waals surface area contributed by atoms with Gasteiger partial charge in [-0.3, -0.25) is 0 Å². The summed E-state index contributed by atoms with van der Waals surface area (Å²) in [5.74, 6) is -0.267. The van der Waals surface area contributed by atoms with Gasteiger partial charge in [-0.25, -0.2) is 4.79 Å². The van der Waals surface area contributed by atoms with Crippen molar-refractivity contribution in [3.05, 3.63) is 12.8 Å². The standard InChI is InChI=1S/C7H13NO2S/c1-3-8(2)6(4-5-11)7(9)10/h3,6,11H,1,4-5H2,2H3,(H,9,10)/t6-/m0/s1. The summed E-state index contributed by atoms with van der Waals surface area (Å²) in [5, 5.41) is 8.68. The van der Waals surface area contributed by atoms with Gasteiger partial charge >= 0.3 is 5.97 Å². The van der Waals surface area contributed by atoms with Crippen molar-refractivity contribution in [3.8, 4) is 0 Å². The fourth-order valence-corrected chi connectivity index (χ4v) is 0.995. The molecule has 11 heavy (non-hydrogen) atoms. The van der Waals surface area contributed by atoms with Gasteiger partial charge < -0.3 is 10.0 Å². The summed E-state index contributed by atoms with van der Waals surface area (Å²) in [6, 6.07) is -0.495. The van der Waals surface area contributed by atoms with E-state index >= 15 is 0 Å². The van der Waals surface area contributed by atoms with Gasteiger partial charge in [0.1, 0.15) is 6.04 Å². The number of hydrogen-bond acceptors (Lipinski definition) is 3. The zero-order valence-electron chi connectivity index (χ0n) is 6.53. The maximum Gasteiger partial charge on any atom is 0.326 e.